The van der Waals surface area contributed by atoms with Crippen molar-refractivity contribution >= 4 is 5.97 Å². The lowest BCUT2D eigenvalue weighted by Crippen LogP contribution is -2.27. The summed E-state index contributed by atoms with van der Waals surface area (Å²) < 4.78 is 9.90. The first-order valence-electron chi connectivity index (χ1n) is 4.09. The minimum atomic E-state index is -0.853. The lowest BCUT2D eigenvalue weighted by Gasteiger charge is -2.11. The predicted octanol–water partition coefficient (Wildman–Crippen LogP) is 0.513. The Bertz CT molecular complexity index is 153. The Morgan fingerprint density at radius 3 is 2.67 bits per heavy atom. The molecule has 0 heterocycles. The molecule has 0 aromatic carbocycles. The standard InChI is InChI=1S/C8H14O4/c1-11-4-5-12-7(8(9)10)6-2-3-6/h6-7H,2-5H2,1H3,(H,9,10). The van der Waals surface area contributed by atoms with Crippen molar-refractivity contribution < 1.29 is 19.4 Å². The fraction of sp³-hybridized carbons (Fsp3) is 0.875. The fourth-order valence-corrected chi connectivity index (χ4v) is 1.07. The van der Waals surface area contributed by atoms with Crippen LogP contribution < -0.4 is 0 Å². The van der Waals surface area contributed by atoms with E-state index < -0.39 is 12.1 Å². The molecular weight excluding hydrogens is 160 g/mol. The lowest BCUT2D eigenvalue weighted by molar-refractivity contribution is -0.152. The van der Waals surface area contributed by atoms with Gasteiger partial charge in [0, 0.05) is 7.11 Å². The number of rotatable bonds is 6. The number of carbonyl (C=O) groups is 1. The number of carboxylic acids is 1. The second kappa shape index (κ2) is 4.42. The third-order valence-electron chi connectivity index (χ3n) is 1.88. The molecule has 70 valence electrons. The van der Waals surface area contributed by atoms with Crippen molar-refractivity contribution in [3.8, 4) is 0 Å². The third-order valence-corrected chi connectivity index (χ3v) is 1.88. The van der Waals surface area contributed by atoms with Crippen LogP contribution in [0.15, 0.2) is 0 Å². The maximum atomic E-state index is 10.6. The number of methoxy groups -OCH3 is 1. The van der Waals surface area contributed by atoms with E-state index in [-0.39, 0.29) is 5.92 Å². The minimum absolute atomic E-state index is 0.236. The van der Waals surface area contributed by atoms with Gasteiger partial charge in [-0.15, -0.1) is 0 Å². The van der Waals surface area contributed by atoms with Crippen molar-refractivity contribution in [1.29, 1.82) is 0 Å². The van der Waals surface area contributed by atoms with Gasteiger partial charge in [0.15, 0.2) is 6.10 Å². The molecule has 4 heteroatoms. The van der Waals surface area contributed by atoms with Crippen molar-refractivity contribution in [3.63, 3.8) is 0 Å². The van der Waals surface area contributed by atoms with Crippen LogP contribution in [0.2, 0.25) is 0 Å². The normalized spacial score (nSPS) is 19.1. The molecule has 12 heavy (non-hydrogen) atoms. The van der Waals surface area contributed by atoms with Crippen LogP contribution in [0, 0.1) is 5.92 Å². The summed E-state index contributed by atoms with van der Waals surface area (Å²) in [7, 11) is 1.57. The van der Waals surface area contributed by atoms with Crippen molar-refractivity contribution in [2.45, 2.75) is 18.9 Å². The van der Waals surface area contributed by atoms with Crippen LogP contribution in [0.3, 0.4) is 0 Å². The van der Waals surface area contributed by atoms with Crippen LogP contribution in [-0.2, 0) is 14.3 Å². The summed E-state index contributed by atoms with van der Waals surface area (Å²) >= 11 is 0. The van der Waals surface area contributed by atoms with Gasteiger partial charge in [-0.05, 0) is 18.8 Å². The van der Waals surface area contributed by atoms with Gasteiger partial charge in [-0.3, -0.25) is 0 Å². The van der Waals surface area contributed by atoms with Crippen LogP contribution in [0.1, 0.15) is 12.8 Å². The quantitative estimate of drug-likeness (QED) is 0.596. The first-order chi connectivity index (χ1) is 5.75. The van der Waals surface area contributed by atoms with Gasteiger partial charge in [0.25, 0.3) is 0 Å². The molecule has 0 aliphatic heterocycles. The Labute approximate surface area is 71.5 Å². The zero-order chi connectivity index (χ0) is 8.97. The summed E-state index contributed by atoms with van der Waals surface area (Å²) in [5.41, 5.74) is 0. The van der Waals surface area contributed by atoms with Crippen LogP contribution in [0.25, 0.3) is 0 Å². The third kappa shape index (κ3) is 2.79. The first kappa shape index (κ1) is 9.48. The SMILES string of the molecule is COCCOC(C(=O)O)C1CC1. The van der Waals surface area contributed by atoms with Gasteiger partial charge < -0.3 is 14.6 Å². The molecule has 0 aromatic rings. The van der Waals surface area contributed by atoms with E-state index in [1.54, 1.807) is 7.11 Å². The predicted molar refractivity (Wildman–Crippen MR) is 42.0 cm³/mol. The molecule has 1 N–H and O–H groups in total. The maximum absolute atomic E-state index is 10.6. The molecule has 1 unspecified atom stereocenters. The van der Waals surface area contributed by atoms with E-state index in [9.17, 15) is 4.79 Å². The van der Waals surface area contributed by atoms with Crippen molar-refractivity contribution in [2.24, 2.45) is 5.92 Å². The molecule has 1 fully saturated rings. The molecule has 1 saturated carbocycles. The van der Waals surface area contributed by atoms with Gasteiger partial charge >= 0.3 is 5.97 Å². The summed E-state index contributed by atoms with van der Waals surface area (Å²) in [4.78, 5) is 10.6. The molecule has 1 aliphatic rings. The zero-order valence-corrected chi connectivity index (χ0v) is 7.16. The van der Waals surface area contributed by atoms with E-state index in [1.807, 2.05) is 0 Å². The first-order valence-corrected chi connectivity index (χ1v) is 4.09. The minimum Gasteiger partial charge on any atom is -0.479 e. The highest BCUT2D eigenvalue weighted by Crippen LogP contribution is 2.34. The number of aliphatic carboxylic acids is 1. The average molecular weight is 174 g/mol. The number of ether oxygens (including phenoxy) is 2. The van der Waals surface area contributed by atoms with Gasteiger partial charge in [-0.25, -0.2) is 4.79 Å². The summed E-state index contributed by atoms with van der Waals surface area (Å²) in [6.45, 7) is 0.820. The van der Waals surface area contributed by atoms with E-state index >= 15 is 0 Å². The molecule has 0 bridgehead atoms. The van der Waals surface area contributed by atoms with E-state index in [4.69, 9.17) is 14.6 Å². The topological polar surface area (TPSA) is 55.8 Å². The Morgan fingerprint density at radius 2 is 2.25 bits per heavy atom. The van der Waals surface area contributed by atoms with E-state index in [0.29, 0.717) is 13.2 Å². The molecular formula is C8H14O4. The summed E-state index contributed by atoms with van der Waals surface area (Å²) in [5, 5.41) is 8.72. The Morgan fingerprint density at radius 1 is 1.58 bits per heavy atom. The molecule has 0 radical (unpaired) electrons. The summed E-state index contributed by atoms with van der Waals surface area (Å²) in [5.74, 6) is -0.618. The van der Waals surface area contributed by atoms with E-state index in [0.717, 1.165) is 12.8 Å². The highest BCUT2D eigenvalue weighted by atomic mass is 16.5. The van der Waals surface area contributed by atoms with Gasteiger partial charge in [-0.1, -0.05) is 0 Å². The van der Waals surface area contributed by atoms with Gasteiger partial charge in [-0.2, -0.15) is 0 Å². The molecule has 0 aromatic heterocycles. The van der Waals surface area contributed by atoms with Crippen LogP contribution in [-0.4, -0.2) is 37.5 Å². The Kier molecular flexibility index (Phi) is 3.49. The molecule has 0 saturated heterocycles. The monoisotopic (exact) mass is 174 g/mol. The van der Waals surface area contributed by atoms with Crippen LogP contribution in [0.4, 0.5) is 0 Å². The second-order valence-corrected chi connectivity index (χ2v) is 2.96. The van der Waals surface area contributed by atoms with Crippen LogP contribution >= 0.6 is 0 Å². The lowest BCUT2D eigenvalue weighted by atomic mass is 10.2. The Balaban J connectivity index is 2.19. The zero-order valence-electron chi connectivity index (χ0n) is 7.16. The molecule has 0 spiro atoms. The van der Waals surface area contributed by atoms with Gasteiger partial charge in [0.05, 0.1) is 13.2 Å². The maximum Gasteiger partial charge on any atom is 0.333 e. The number of hydrogen-bond acceptors (Lipinski definition) is 3. The smallest absolute Gasteiger partial charge is 0.333 e. The van der Waals surface area contributed by atoms with Gasteiger partial charge in [0.2, 0.25) is 0 Å². The molecule has 1 aliphatic carbocycles. The van der Waals surface area contributed by atoms with Crippen molar-refractivity contribution in [1.82, 2.24) is 0 Å². The summed E-state index contributed by atoms with van der Waals surface area (Å²) in [6.07, 6.45) is 1.34. The van der Waals surface area contributed by atoms with Gasteiger partial charge in [0.1, 0.15) is 0 Å². The fourth-order valence-electron chi connectivity index (χ4n) is 1.07. The average Bonchev–Trinajstić information content (AvgIpc) is 2.80. The Hall–Kier alpha value is -0.610. The molecule has 4 nitrogen and oxygen atoms in total. The second-order valence-electron chi connectivity index (χ2n) is 2.96. The number of hydrogen-bond donors (Lipinski definition) is 1. The molecule has 1 atom stereocenters. The number of carboxylic acid groups (broad SMARTS) is 1. The van der Waals surface area contributed by atoms with Crippen molar-refractivity contribution in [3.05, 3.63) is 0 Å². The molecule has 1 rings (SSSR count). The highest BCUT2D eigenvalue weighted by molar-refractivity contribution is 5.73. The largest absolute Gasteiger partial charge is 0.479 e. The van der Waals surface area contributed by atoms with E-state index in [1.165, 1.54) is 0 Å². The highest BCUT2D eigenvalue weighted by Gasteiger charge is 2.36. The molecule has 0 amide bonds. The summed E-state index contributed by atoms with van der Waals surface area (Å²) in [6, 6.07) is 0. The van der Waals surface area contributed by atoms with Crippen LogP contribution in [0.5, 0.6) is 0 Å². The van der Waals surface area contributed by atoms with Crippen molar-refractivity contribution in [2.75, 3.05) is 20.3 Å². The van der Waals surface area contributed by atoms with E-state index in [2.05, 4.69) is 0 Å².